The molecule has 1 saturated heterocycles. The van der Waals surface area contributed by atoms with Crippen molar-refractivity contribution in [3.8, 4) is 22.9 Å². The third kappa shape index (κ3) is 3.51. The van der Waals surface area contributed by atoms with Crippen LogP contribution in [-0.2, 0) is 11.8 Å². The monoisotopic (exact) mass is 374 g/mol. The van der Waals surface area contributed by atoms with Gasteiger partial charge in [0, 0.05) is 32.1 Å². The fraction of sp³-hybridized carbons (Fsp3) is 0.500. The number of hydrogen-bond donors (Lipinski definition) is 0. The van der Waals surface area contributed by atoms with Crippen molar-refractivity contribution in [1.82, 2.24) is 19.7 Å². The summed E-state index contributed by atoms with van der Waals surface area (Å²) >= 11 is 1.43. The number of aromatic nitrogens is 3. The van der Waals surface area contributed by atoms with Gasteiger partial charge < -0.3 is 18.9 Å². The maximum atomic E-state index is 12.2. The predicted octanol–water partition coefficient (Wildman–Crippen LogP) is 2.36. The molecule has 1 amide bonds. The average Bonchev–Trinajstić information content (AvgIpc) is 3.25. The molecule has 0 saturated carbocycles. The van der Waals surface area contributed by atoms with E-state index in [-0.39, 0.29) is 5.91 Å². The lowest BCUT2D eigenvalue weighted by Crippen LogP contribution is -2.29. The van der Waals surface area contributed by atoms with Crippen molar-refractivity contribution in [3.63, 3.8) is 0 Å². The summed E-state index contributed by atoms with van der Waals surface area (Å²) in [7, 11) is 1.92. The van der Waals surface area contributed by atoms with Gasteiger partial charge in [-0.15, -0.1) is 10.2 Å². The van der Waals surface area contributed by atoms with Crippen molar-refractivity contribution < 1.29 is 14.3 Å². The molecule has 0 aliphatic carbocycles. The number of benzene rings is 1. The Kier molecular flexibility index (Phi) is 5.01. The Morgan fingerprint density at radius 2 is 1.88 bits per heavy atom. The molecule has 0 N–H and O–H groups in total. The Morgan fingerprint density at radius 3 is 2.69 bits per heavy atom. The van der Waals surface area contributed by atoms with Crippen molar-refractivity contribution in [2.45, 2.75) is 24.4 Å². The lowest BCUT2D eigenvalue weighted by atomic mass is 10.2. The molecule has 0 radical (unpaired) electrons. The smallest absolute Gasteiger partial charge is 0.233 e. The highest BCUT2D eigenvalue weighted by atomic mass is 32.2. The number of nitrogens with zero attached hydrogens (tertiary/aromatic N) is 4. The molecule has 8 heteroatoms. The number of ether oxygens (including phenoxy) is 2. The van der Waals surface area contributed by atoms with Gasteiger partial charge in [-0.2, -0.15) is 0 Å². The van der Waals surface area contributed by atoms with Crippen LogP contribution < -0.4 is 9.47 Å². The van der Waals surface area contributed by atoms with E-state index in [2.05, 4.69) is 10.2 Å². The van der Waals surface area contributed by atoms with Gasteiger partial charge in [-0.3, -0.25) is 4.79 Å². The lowest BCUT2D eigenvalue weighted by Gasteiger charge is -2.14. The van der Waals surface area contributed by atoms with Crippen molar-refractivity contribution in [1.29, 1.82) is 0 Å². The third-order valence-electron chi connectivity index (χ3n) is 4.62. The topological polar surface area (TPSA) is 69.5 Å². The molecule has 4 rings (SSSR count). The first-order chi connectivity index (χ1) is 12.7. The van der Waals surface area contributed by atoms with Crippen molar-refractivity contribution in [2.75, 3.05) is 32.1 Å². The maximum absolute atomic E-state index is 12.2. The van der Waals surface area contributed by atoms with E-state index in [1.165, 1.54) is 11.8 Å². The molecular formula is C18H22N4O3S. The minimum absolute atomic E-state index is 0.174. The summed E-state index contributed by atoms with van der Waals surface area (Å²) in [5.74, 6) is 2.82. The van der Waals surface area contributed by atoms with Gasteiger partial charge in [-0.25, -0.2) is 0 Å². The molecule has 2 aliphatic rings. The summed E-state index contributed by atoms with van der Waals surface area (Å²) in [6.45, 7) is 3.07. The fourth-order valence-corrected chi connectivity index (χ4v) is 3.99. The number of carbonyl (C=O) groups is 1. The number of amides is 1. The first-order valence-electron chi connectivity index (χ1n) is 8.92. The predicted molar refractivity (Wildman–Crippen MR) is 98.6 cm³/mol. The minimum atomic E-state index is 0.174. The van der Waals surface area contributed by atoms with E-state index < -0.39 is 0 Å². The van der Waals surface area contributed by atoms with E-state index in [1.807, 2.05) is 34.7 Å². The number of fused-ring (bicyclic) bond motifs is 1. The zero-order valence-corrected chi connectivity index (χ0v) is 15.6. The van der Waals surface area contributed by atoms with Crippen LogP contribution in [0, 0.1) is 0 Å². The van der Waals surface area contributed by atoms with Gasteiger partial charge in [-0.1, -0.05) is 11.8 Å². The molecule has 1 fully saturated rings. The van der Waals surface area contributed by atoms with E-state index in [0.29, 0.717) is 19.0 Å². The molecule has 1 aromatic carbocycles. The van der Waals surface area contributed by atoms with Gasteiger partial charge >= 0.3 is 0 Å². The molecule has 0 spiro atoms. The Labute approximate surface area is 156 Å². The molecule has 138 valence electrons. The average molecular weight is 374 g/mol. The first-order valence-corrected chi connectivity index (χ1v) is 9.91. The van der Waals surface area contributed by atoms with E-state index in [9.17, 15) is 4.79 Å². The highest BCUT2D eigenvalue weighted by Crippen LogP contribution is 2.34. The van der Waals surface area contributed by atoms with Gasteiger partial charge in [0.25, 0.3) is 0 Å². The summed E-state index contributed by atoms with van der Waals surface area (Å²) in [6.07, 6.45) is 3.09. The van der Waals surface area contributed by atoms with Gasteiger partial charge in [-0.05, 0) is 31.0 Å². The summed E-state index contributed by atoms with van der Waals surface area (Å²) in [5.41, 5.74) is 0.918. The molecule has 0 unspecified atom stereocenters. The van der Waals surface area contributed by atoms with Gasteiger partial charge in [0.05, 0.1) is 19.0 Å². The van der Waals surface area contributed by atoms with E-state index in [0.717, 1.165) is 60.4 Å². The van der Waals surface area contributed by atoms with Crippen LogP contribution in [0.5, 0.6) is 11.5 Å². The van der Waals surface area contributed by atoms with E-state index >= 15 is 0 Å². The SMILES string of the molecule is Cn1c(SCC(=O)N2CCCC2)nnc1-c1ccc2c(c1)OCCCO2. The molecular weight excluding hydrogens is 352 g/mol. The summed E-state index contributed by atoms with van der Waals surface area (Å²) in [4.78, 5) is 14.1. The Hall–Kier alpha value is -2.22. The Balaban J connectivity index is 1.48. The summed E-state index contributed by atoms with van der Waals surface area (Å²) in [5, 5.41) is 9.29. The van der Waals surface area contributed by atoms with Crippen LogP contribution in [0.3, 0.4) is 0 Å². The molecule has 7 nitrogen and oxygen atoms in total. The Morgan fingerprint density at radius 1 is 1.12 bits per heavy atom. The second-order valence-electron chi connectivity index (χ2n) is 6.45. The first kappa shape index (κ1) is 17.2. The number of rotatable bonds is 4. The van der Waals surface area contributed by atoms with Crippen LogP contribution in [0.4, 0.5) is 0 Å². The Bertz CT molecular complexity index is 802. The van der Waals surface area contributed by atoms with Gasteiger partial charge in [0.1, 0.15) is 0 Å². The zero-order chi connectivity index (χ0) is 17.9. The molecule has 2 aliphatic heterocycles. The molecule has 3 heterocycles. The van der Waals surface area contributed by atoms with Crippen LogP contribution in [0.1, 0.15) is 19.3 Å². The van der Waals surface area contributed by atoms with Crippen LogP contribution in [-0.4, -0.2) is 57.6 Å². The summed E-state index contributed by atoms with van der Waals surface area (Å²) in [6, 6.07) is 5.81. The van der Waals surface area contributed by atoms with Gasteiger partial charge in [0.15, 0.2) is 22.5 Å². The fourth-order valence-electron chi connectivity index (χ4n) is 3.18. The van der Waals surface area contributed by atoms with Crippen molar-refractivity contribution >= 4 is 17.7 Å². The van der Waals surface area contributed by atoms with Crippen LogP contribution in [0.25, 0.3) is 11.4 Å². The largest absolute Gasteiger partial charge is 0.490 e. The zero-order valence-electron chi connectivity index (χ0n) is 14.8. The highest BCUT2D eigenvalue weighted by Gasteiger charge is 2.20. The standard InChI is InChI=1S/C18H22N4O3S/c1-21-17(13-5-6-14-15(11-13)25-10-4-9-24-14)19-20-18(21)26-12-16(23)22-7-2-3-8-22/h5-6,11H,2-4,7-10,12H2,1H3. The normalized spacial score (nSPS) is 16.6. The highest BCUT2D eigenvalue weighted by molar-refractivity contribution is 7.99. The number of likely N-dealkylation sites (tertiary alicyclic amines) is 1. The number of hydrogen-bond acceptors (Lipinski definition) is 6. The van der Waals surface area contributed by atoms with Gasteiger partial charge in [0.2, 0.25) is 5.91 Å². The molecule has 1 aromatic heterocycles. The van der Waals surface area contributed by atoms with Crippen LogP contribution in [0.2, 0.25) is 0 Å². The lowest BCUT2D eigenvalue weighted by molar-refractivity contribution is -0.127. The molecule has 0 atom stereocenters. The maximum Gasteiger partial charge on any atom is 0.233 e. The third-order valence-corrected chi connectivity index (χ3v) is 5.63. The summed E-state index contributed by atoms with van der Waals surface area (Å²) < 4.78 is 13.3. The quantitative estimate of drug-likeness (QED) is 0.765. The second kappa shape index (κ2) is 7.57. The van der Waals surface area contributed by atoms with E-state index in [4.69, 9.17) is 9.47 Å². The number of thioether (sulfide) groups is 1. The molecule has 2 aromatic rings. The van der Waals surface area contributed by atoms with E-state index in [1.54, 1.807) is 0 Å². The van der Waals surface area contributed by atoms with Crippen molar-refractivity contribution in [3.05, 3.63) is 18.2 Å². The minimum Gasteiger partial charge on any atom is -0.490 e. The second-order valence-corrected chi connectivity index (χ2v) is 7.40. The number of carbonyl (C=O) groups excluding carboxylic acids is 1. The van der Waals surface area contributed by atoms with Crippen molar-refractivity contribution in [2.24, 2.45) is 7.05 Å². The molecule has 0 bridgehead atoms. The van der Waals surface area contributed by atoms with Crippen LogP contribution in [0.15, 0.2) is 23.4 Å². The molecule has 26 heavy (non-hydrogen) atoms. The van der Waals surface area contributed by atoms with Crippen LogP contribution >= 0.6 is 11.8 Å².